The summed E-state index contributed by atoms with van der Waals surface area (Å²) in [4.78, 5) is 25.5. The highest BCUT2D eigenvalue weighted by Gasteiger charge is 2.36. The summed E-state index contributed by atoms with van der Waals surface area (Å²) in [5.74, 6) is -1.38. The number of aliphatic carboxylic acids is 1. The fourth-order valence-electron chi connectivity index (χ4n) is 3.29. The van der Waals surface area contributed by atoms with Gasteiger partial charge in [-0.25, -0.2) is 4.79 Å². The van der Waals surface area contributed by atoms with Crippen LogP contribution in [0.1, 0.15) is 35.7 Å². The molecule has 8 nitrogen and oxygen atoms in total. The number of nitrogens with zero attached hydrogens (tertiary/aromatic N) is 1. The second-order valence-corrected chi connectivity index (χ2v) is 10.1. The molecule has 1 fully saturated rings. The van der Waals surface area contributed by atoms with Crippen LogP contribution in [0, 0.1) is 0 Å². The molecule has 3 unspecified atom stereocenters. The van der Waals surface area contributed by atoms with Crippen LogP contribution in [0.4, 0.5) is 0 Å². The molecule has 1 heterocycles. The van der Waals surface area contributed by atoms with Crippen molar-refractivity contribution in [3.8, 4) is 17.2 Å². The molecular formula is C20H19Br2NO7P+. The molecule has 0 radical (unpaired) electrons. The first kappa shape index (κ1) is 23.7. The molecule has 0 aliphatic carbocycles. The predicted octanol–water partition coefficient (Wildman–Crippen LogP) is 4.59. The molecule has 0 saturated carbocycles. The number of rotatable bonds is 6. The molecule has 0 bridgehead atoms. The summed E-state index contributed by atoms with van der Waals surface area (Å²) in [7, 11) is -0.972. The van der Waals surface area contributed by atoms with Gasteiger partial charge in [0.15, 0.2) is 5.75 Å². The van der Waals surface area contributed by atoms with Gasteiger partial charge < -0.3 is 25.0 Å². The van der Waals surface area contributed by atoms with Crippen molar-refractivity contribution >= 4 is 52.2 Å². The van der Waals surface area contributed by atoms with Gasteiger partial charge in [-0.3, -0.25) is 4.79 Å². The van der Waals surface area contributed by atoms with Gasteiger partial charge in [0.25, 0.3) is 11.2 Å². The first-order chi connectivity index (χ1) is 14.5. The molecule has 1 aliphatic heterocycles. The predicted molar refractivity (Wildman–Crippen MR) is 120 cm³/mol. The van der Waals surface area contributed by atoms with Crippen LogP contribution < -0.4 is 4.74 Å². The fourth-order valence-corrected chi connectivity index (χ4v) is 4.90. The number of phenolic OH excluding ortho intramolecular Hbond substituents is 1. The van der Waals surface area contributed by atoms with E-state index in [4.69, 9.17) is 4.74 Å². The first-order valence-electron chi connectivity index (χ1n) is 9.21. The Bertz CT molecular complexity index is 1040. The number of aliphatic hydroxyl groups is 1. The Labute approximate surface area is 196 Å². The number of halogens is 2. The third-order valence-electron chi connectivity index (χ3n) is 4.98. The van der Waals surface area contributed by atoms with Crippen LogP contribution in [-0.4, -0.2) is 44.7 Å². The largest absolute Gasteiger partial charge is 0.507 e. The minimum Gasteiger partial charge on any atom is -0.507 e. The van der Waals surface area contributed by atoms with E-state index in [2.05, 4.69) is 31.9 Å². The van der Waals surface area contributed by atoms with E-state index in [0.29, 0.717) is 39.6 Å². The highest BCUT2D eigenvalue weighted by atomic mass is 79.9. The van der Waals surface area contributed by atoms with Gasteiger partial charge in [-0.15, -0.1) is 0 Å². The molecule has 2 aromatic carbocycles. The lowest BCUT2D eigenvalue weighted by Gasteiger charge is -2.22. The highest BCUT2D eigenvalue weighted by molar-refractivity contribution is 9.11. The van der Waals surface area contributed by atoms with Crippen molar-refractivity contribution in [3.05, 3.63) is 50.4 Å². The lowest BCUT2D eigenvalue weighted by atomic mass is 10.1. The molecule has 164 valence electrons. The van der Waals surface area contributed by atoms with Crippen LogP contribution >= 0.6 is 40.3 Å². The number of phenols is 1. The normalized spacial score (nSPS) is 18.1. The number of amides is 1. The zero-order valence-electron chi connectivity index (χ0n) is 16.3. The number of hydrogen-bond donors (Lipinski definition) is 3. The number of hydrogen-bond acceptors (Lipinski definition) is 6. The summed E-state index contributed by atoms with van der Waals surface area (Å²) in [6, 6.07) is 6.32. The van der Waals surface area contributed by atoms with Crippen molar-refractivity contribution < 1.29 is 34.2 Å². The van der Waals surface area contributed by atoms with Crippen LogP contribution in [0.15, 0.2) is 39.3 Å². The van der Waals surface area contributed by atoms with Gasteiger partial charge >= 0.3 is 14.4 Å². The molecule has 0 spiro atoms. The van der Waals surface area contributed by atoms with E-state index >= 15 is 0 Å². The zero-order valence-corrected chi connectivity index (χ0v) is 20.4. The SMILES string of the molecule is CC(O)([PH+]=O)c1cc(Br)c(Oc2ccc(O)c(C(=O)N3CCCC3C(=O)O)c2)c(Br)c1. The number of ether oxygens (including phenoxy) is 1. The average molecular weight is 576 g/mol. The summed E-state index contributed by atoms with van der Waals surface area (Å²) < 4.78 is 18.1. The van der Waals surface area contributed by atoms with E-state index in [9.17, 15) is 29.5 Å². The van der Waals surface area contributed by atoms with Crippen LogP contribution in [-0.2, 0) is 14.7 Å². The van der Waals surface area contributed by atoms with Crippen LogP contribution in [0.5, 0.6) is 17.2 Å². The molecule has 3 atom stereocenters. The van der Waals surface area contributed by atoms with E-state index in [0.717, 1.165) is 0 Å². The Kier molecular flexibility index (Phi) is 7.05. The summed E-state index contributed by atoms with van der Waals surface area (Å²) in [5, 5.41) is 28.2. The summed E-state index contributed by atoms with van der Waals surface area (Å²) in [6.07, 6.45) is 0.928. The third kappa shape index (κ3) is 4.92. The fraction of sp³-hybridized carbons (Fsp3) is 0.300. The number of carbonyl (C=O) groups excluding carboxylic acids is 1. The maximum absolute atomic E-state index is 12.9. The van der Waals surface area contributed by atoms with E-state index in [-0.39, 0.29) is 17.1 Å². The summed E-state index contributed by atoms with van der Waals surface area (Å²) >= 11 is 6.72. The number of carboxylic acid groups (broad SMARTS) is 1. The topological polar surface area (TPSA) is 124 Å². The van der Waals surface area contributed by atoms with E-state index in [1.54, 1.807) is 12.1 Å². The Hall–Kier alpha value is -2.00. The smallest absolute Gasteiger partial charge is 0.364 e. The van der Waals surface area contributed by atoms with Crippen molar-refractivity contribution in [2.45, 2.75) is 31.1 Å². The molecule has 0 aromatic heterocycles. The molecule has 1 aliphatic rings. The molecule has 1 saturated heterocycles. The minimum atomic E-state index is -1.53. The molecule has 2 aromatic rings. The monoisotopic (exact) mass is 574 g/mol. The van der Waals surface area contributed by atoms with Gasteiger partial charge in [-0.05, 0) is 75.0 Å². The van der Waals surface area contributed by atoms with Gasteiger partial charge in [-0.2, -0.15) is 0 Å². The molecule has 31 heavy (non-hydrogen) atoms. The van der Waals surface area contributed by atoms with Gasteiger partial charge in [0, 0.05) is 19.0 Å². The Morgan fingerprint density at radius 2 is 1.87 bits per heavy atom. The Morgan fingerprint density at radius 3 is 2.45 bits per heavy atom. The lowest BCUT2D eigenvalue weighted by molar-refractivity contribution is -0.141. The second kappa shape index (κ2) is 9.24. The molecule has 1 amide bonds. The second-order valence-electron chi connectivity index (χ2n) is 7.22. The van der Waals surface area contributed by atoms with Crippen LogP contribution in [0.3, 0.4) is 0 Å². The maximum atomic E-state index is 12.9. The van der Waals surface area contributed by atoms with E-state index in [1.807, 2.05) is 0 Å². The minimum absolute atomic E-state index is 0.0648. The van der Waals surface area contributed by atoms with Crippen molar-refractivity contribution in [1.29, 1.82) is 0 Å². The summed E-state index contributed by atoms with van der Waals surface area (Å²) in [6.45, 7) is 1.72. The number of carbonyl (C=O) groups is 2. The third-order valence-corrected chi connectivity index (χ3v) is 6.84. The Balaban J connectivity index is 1.92. The molecule has 3 rings (SSSR count). The quantitative estimate of drug-likeness (QED) is 0.430. The van der Waals surface area contributed by atoms with Gasteiger partial charge in [-0.1, -0.05) is 4.57 Å². The summed E-state index contributed by atoms with van der Waals surface area (Å²) in [5.41, 5.74) is 0.340. The van der Waals surface area contributed by atoms with Crippen molar-refractivity contribution in [1.82, 2.24) is 4.90 Å². The molecule has 11 heteroatoms. The van der Waals surface area contributed by atoms with Crippen molar-refractivity contribution in [2.75, 3.05) is 6.54 Å². The van der Waals surface area contributed by atoms with E-state index in [1.165, 1.54) is 30.0 Å². The number of likely N-dealkylation sites (tertiary alicyclic amines) is 1. The molecule has 3 N–H and O–H groups in total. The highest BCUT2D eigenvalue weighted by Crippen LogP contribution is 2.43. The number of carboxylic acids is 1. The van der Waals surface area contributed by atoms with E-state index < -0.39 is 31.7 Å². The Morgan fingerprint density at radius 1 is 1.23 bits per heavy atom. The lowest BCUT2D eigenvalue weighted by Crippen LogP contribution is -2.40. The van der Waals surface area contributed by atoms with Gasteiger partial charge in [0.1, 0.15) is 17.5 Å². The average Bonchev–Trinajstić information content (AvgIpc) is 3.21. The standard InChI is InChI=1S/C20H18Br2NO7P/c1-20(28,31-29)10-7-13(21)17(14(22)8-10)30-11-4-5-16(24)12(9-11)18(25)23-6-2-3-15(23)19(26)27/h4-5,7-9,15,24,28H,2-3,6H2,1H3,(H,26,27)/p+1. The van der Waals surface area contributed by atoms with Crippen LogP contribution in [0.2, 0.25) is 0 Å². The van der Waals surface area contributed by atoms with Gasteiger partial charge in [0.2, 0.25) is 0 Å². The first-order valence-corrected chi connectivity index (χ1v) is 11.7. The number of benzene rings is 2. The zero-order chi connectivity index (χ0) is 22.9. The van der Waals surface area contributed by atoms with Crippen molar-refractivity contribution in [3.63, 3.8) is 0 Å². The van der Waals surface area contributed by atoms with Gasteiger partial charge in [0.05, 0.1) is 14.5 Å². The van der Waals surface area contributed by atoms with Crippen molar-refractivity contribution in [2.24, 2.45) is 0 Å². The maximum Gasteiger partial charge on any atom is 0.364 e. The van der Waals surface area contributed by atoms with Crippen LogP contribution in [0.25, 0.3) is 0 Å². The number of aromatic hydroxyl groups is 1. The molecular weight excluding hydrogens is 557 g/mol.